The summed E-state index contributed by atoms with van der Waals surface area (Å²) in [5.74, 6) is 2.02. The van der Waals surface area contributed by atoms with Gasteiger partial charge in [0, 0.05) is 26.2 Å². The molecule has 0 aromatic heterocycles. The van der Waals surface area contributed by atoms with E-state index in [2.05, 4.69) is 5.32 Å². The first-order valence-electron chi connectivity index (χ1n) is 9.01. The molecule has 0 bridgehead atoms. The summed E-state index contributed by atoms with van der Waals surface area (Å²) >= 11 is 0. The van der Waals surface area contributed by atoms with E-state index in [1.807, 2.05) is 7.05 Å². The Balaban J connectivity index is 1.59. The lowest BCUT2D eigenvalue weighted by Gasteiger charge is -2.43. The zero-order valence-electron chi connectivity index (χ0n) is 13.8. The molecule has 2 saturated heterocycles. The van der Waals surface area contributed by atoms with Gasteiger partial charge in [0.05, 0.1) is 0 Å². The van der Waals surface area contributed by atoms with Crippen LogP contribution in [0.4, 0.5) is 0 Å². The molecule has 0 amide bonds. The second kappa shape index (κ2) is 7.16. The molecule has 0 radical (unpaired) electrons. The van der Waals surface area contributed by atoms with E-state index in [9.17, 15) is 8.42 Å². The van der Waals surface area contributed by atoms with Crippen molar-refractivity contribution in [3.05, 3.63) is 0 Å². The highest BCUT2D eigenvalue weighted by Crippen LogP contribution is 2.37. The van der Waals surface area contributed by atoms with Gasteiger partial charge in [-0.15, -0.1) is 0 Å². The summed E-state index contributed by atoms with van der Waals surface area (Å²) in [5.41, 5.74) is 0. The third-order valence-electron chi connectivity index (χ3n) is 5.97. The van der Waals surface area contributed by atoms with Crippen molar-refractivity contribution in [2.45, 2.75) is 44.9 Å². The van der Waals surface area contributed by atoms with Crippen molar-refractivity contribution in [3.8, 4) is 0 Å². The minimum atomic E-state index is -3.23. The Bertz CT molecular complexity index is 460. The molecule has 2 unspecified atom stereocenters. The number of hydrogen-bond acceptors (Lipinski definition) is 3. The zero-order chi connectivity index (χ0) is 15.6. The predicted molar refractivity (Wildman–Crippen MR) is 88.8 cm³/mol. The van der Waals surface area contributed by atoms with E-state index in [1.54, 1.807) is 8.61 Å². The third-order valence-corrected chi connectivity index (χ3v) is 7.97. The van der Waals surface area contributed by atoms with Gasteiger partial charge in [0.25, 0.3) is 10.2 Å². The summed E-state index contributed by atoms with van der Waals surface area (Å²) in [4.78, 5) is 0. The predicted octanol–water partition coefficient (Wildman–Crippen LogP) is 1.67. The number of hydrogen-bond donors (Lipinski definition) is 1. The highest BCUT2D eigenvalue weighted by molar-refractivity contribution is 7.86. The van der Waals surface area contributed by atoms with Crippen LogP contribution >= 0.6 is 0 Å². The van der Waals surface area contributed by atoms with Gasteiger partial charge in [-0.1, -0.05) is 19.3 Å². The number of rotatable bonds is 4. The number of nitrogens with one attached hydrogen (secondary N) is 1. The smallest absolute Gasteiger partial charge is 0.281 e. The standard InChI is InChI=1S/C16H31N3O2S/c1-17-12-14-6-9-18(10-7-14)22(20,21)19-11-8-15-4-2-3-5-16(15)13-19/h14-17H,2-13H2,1H3. The van der Waals surface area contributed by atoms with Crippen LogP contribution in [0.5, 0.6) is 0 Å². The molecule has 0 aromatic rings. The monoisotopic (exact) mass is 329 g/mol. The van der Waals surface area contributed by atoms with E-state index in [0.717, 1.165) is 44.8 Å². The maximum Gasteiger partial charge on any atom is 0.281 e. The van der Waals surface area contributed by atoms with Crippen LogP contribution in [0.15, 0.2) is 0 Å². The topological polar surface area (TPSA) is 52.7 Å². The minimum absolute atomic E-state index is 0.610. The van der Waals surface area contributed by atoms with Crippen molar-refractivity contribution in [2.24, 2.45) is 17.8 Å². The van der Waals surface area contributed by atoms with Gasteiger partial charge in [-0.25, -0.2) is 0 Å². The summed E-state index contributed by atoms with van der Waals surface area (Å²) in [6, 6.07) is 0. The number of nitrogens with zero attached hydrogens (tertiary/aromatic N) is 2. The quantitative estimate of drug-likeness (QED) is 0.854. The van der Waals surface area contributed by atoms with Gasteiger partial charge in [0.1, 0.15) is 0 Å². The van der Waals surface area contributed by atoms with Crippen LogP contribution in [0.1, 0.15) is 44.9 Å². The van der Waals surface area contributed by atoms with Crippen molar-refractivity contribution in [1.29, 1.82) is 0 Å². The Morgan fingerprint density at radius 3 is 2.23 bits per heavy atom. The van der Waals surface area contributed by atoms with E-state index in [0.29, 0.717) is 24.9 Å². The van der Waals surface area contributed by atoms with Crippen LogP contribution in [-0.4, -0.2) is 56.8 Å². The Hall–Kier alpha value is -0.170. The van der Waals surface area contributed by atoms with Gasteiger partial charge in [0.2, 0.25) is 0 Å². The second-order valence-electron chi connectivity index (χ2n) is 7.36. The molecule has 2 aliphatic heterocycles. The van der Waals surface area contributed by atoms with E-state index >= 15 is 0 Å². The van der Waals surface area contributed by atoms with Gasteiger partial charge in [-0.05, 0) is 57.0 Å². The fourth-order valence-corrected chi connectivity index (χ4v) is 6.29. The van der Waals surface area contributed by atoms with E-state index in [-0.39, 0.29) is 0 Å². The Morgan fingerprint density at radius 1 is 0.909 bits per heavy atom. The molecule has 5 nitrogen and oxygen atoms in total. The largest absolute Gasteiger partial charge is 0.319 e. The molecule has 0 aromatic carbocycles. The Labute approximate surface area is 135 Å². The van der Waals surface area contributed by atoms with Crippen LogP contribution in [-0.2, 0) is 10.2 Å². The fraction of sp³-hybridized carbons (Fsp3) is 1.00. The van der Waals surface area contributed by atoms with E-state index < -0.39 is 10.2 Å². The highest BCUT2D eigenvalue weighted by atomic mass is 32.2. The molecule has 3 fully saturated rings. The van der Waals surface area contributed by atoms with Crippen LogP contribution in [0.25, 0.3) is 0 Å². The van der Waals surface area contributed by atoms with Gasteiger partial charge >= 0.3 is 0 Å². The van der Waals surface area contributed by atoms with Crippen LogP contribution < -0.4 is 5.32 Å². The zero-order valence-corrected chi connectivity index (χ0v) is 14.7. The van der Waals surface area contributed by atoms with Crippen molar-refractivity contribution in [3.63, 3.8) is 0 Å². The molecule has 1 aliphatic carbocycles. The molecule has 2 heterocycles. The van der Waals surface area contributed by atoms with Crippen molar-refractivity contribution in [1.82, 2.24) is 13.9 Å². The maximum atomic E-state index is 12.9. The summed E-state index contributed by atoms with van der Waals surface area (Å²) in [7, 11) is -1.26. The first kappa shape index (κ1) is 16.7. The first-order valence-corrected chi connectivity index (χ1v) is 10.4. The normalized spacial score (nSPS) is 32.8. The molecular weight excluding hydrogens is 298 g/mol. The average molecular weight is 330 g/mol. The van der Waals surface area contributed by atoms with E-state index in [1.165, 1.54) is 25.7 Å². The molecule has 1 N–H and O–H groups in total. The highest BCUT2D eigenvalue weighted by Gasteiger charge is 2.39. The SMILES string of the molecule is CNCC1CCN(S(=O)(=O)N2CCC3CCCCC3C2)CC1. The van der Waals surface area contributed by atoms with E-state index in [4.69, 9.17) is 0 Å². The fourth-order valence-electron chi connectivity index (χ4n) is 4.57. The summed E-state index contributed by atoms with van der Waals surface area (Å²) in [5, 5.41) is 3.21. The second-order valence-corrected chi connectivity index (χ2v) is 9.29. The van der Waals surface area contributed by atoms with Gasteiger partial charge in [-0.3, -0.25) is 0 Å². The lowest BCUT2D eigenvalue weighted by molar-refractivity contribution is 0.129. The van der Waals surface area contributed by atoms with Crippen molar-refractivity contribution in [2.75, 3.05) is 39.8 Å². The first-order chi connectivity index (χ1) is 10.6. The molecule has 22 heavy (non-hydrogen) atoms. The van der Waals surface area contributed by atoms with Gasteiger partial charge in [-0.2, -0.15) is 17.0 Å². The third kappa shape index (κ3) is 3.50. The lowest BCUT2D eigenvalue weighted by Crippen LogP contribution is -2.52. The summed E-state index contributed by atoms with van der Waals surface area (Å²) in [6.45, 7) is 3.89. The van der Waals surface area contributed by atoms with Crippen LogP contribution in [0.3, 0.4) is 0 Å². The van der Waals surface area contributed by atoms with Gasteiger partial charge < -0.3 is 5.32 Å². The molecule has 3 aliphatic rings. The molecule has 3 rings (SSSR count). The summed E-state index contributed by atoms with van der Waals surface area (Å²) < 4.78 is 29.4. The molecule has 6 heteroatoms. The molecular formula is C16H31N3O2S. The van der Waals surface area contributed by atoms with Gasteiger partial charge in [0.15, 0.2) is 0 Å². The number of fused-ring (bicyclic) bond motifs is 1. The Kier molecular flexibility index (Phi) is 5.43. The van der Waals surface area contributed by atoms with Crippen molar-refractivity contribution < 1.29 is 8.42 Å². The maximum absolute atomic E-state index is 12.9. The van der Waals surface area contributed by atoms with Crippen LogP contribution in [0.2, 0.25) is 0 Å². The Morgan fingerprint density at radius 2 is 1.55 bits per heavy atom. The average Bonchev–Trinajstić information content (AvgIpc) is 2.55. The number of piperidine rings is 2. The molecule has 128 valence electrons. The van der Waals surface area contributed by atoms with Crippen LogP contribution in [0, 0.1) is 17.8 Å². The molecule has 1 saturated carbocycles. The van der Waals surface area contributed by atoms with Crippen molar-refractivity contribution >= 4 is 10.2 Å². The molecule has 2 atom stereocenters. The summed E-state index contributed by atoms with van der Waals surface area (Å²) in [6.07, 6.45) is 8.20. The molecule has 0 spiro atoms. The lowest BCUT2D eigenvalue weighted by atomic mass is 9.76. The minimum Gasteiger partial charge on any atom is -0.319 e.